The summed E-state index contributed by atoms with van der Waals surface area (Å²) in [6.07, 6.45) is 25.8. The molecule has 8 aliphatic rings. The Balaban J connectivity index is 0.000000199. The lowest BCUT2D eigenvalue weighted by molar-refractivity contribution is 0.0352. The first-order chi connectivity index (χ1) is 18.6. The molecule has 0 N–H and O–H groups in total. The summed E-state index contributed by atoms with van der Waals surface area (Å²) < 4.78 is 0. The molecule has 0 aromatic rings. The Hall–Kier alpha value is 1.72. The highest BCUT2D eigenvalue weighted by molar-refractivity contribution is 7.63. The molecule has 0 aromatic heterocycles. The molecule has 0 amide bonds. The molecule has 0 aliphatic heterocycles. The molecule has 8 bridgehead atoms. The SMILES string of the molecule is C[P@@](CC[P@](C)C(C)(C)C)C(C)(C)C.C[P@@](CC[P@](C)C12CC3CC(CC(C3)C1)C2)C12CC3CC(CC(C3)C1)C2. The van der Waals surface area contributed by atoms with E-state index >= 15 is 0 Å². The molecule has 0 unspecified atom stereocenters. The molecule has 8 aliphatic carbocycles. The van der Waals surface area contributed by atoms with Crippen LogP contribution in [0.1, 0.15) is 119 Å². The fraction of sp³-hybridized carbons (Fsp3) is 1.00. The van der Waals surface area contributed by atoms with Gasteiger partial charge in [-0.1, -0.05) is 41.5 Å². The minimum Gasteiger partial charge on any atom is -0.104 e. The third-order valence-electron chi connectivity index (χ3n) is 13.5. The maximum Gasteiger partial charge on any atom is -0.00888 e. The van der Waals surface area contributed by atoms with Gasteiger partial charge in [0, 0.05) is 0 Å². The molecular weight excluding hydrogens is 556 g/mol. The maximum absolute atomic E-state index is 2.76. The van der Waals surface area contributed by atoms with Crippen LogP contribution >= 0.6 is 31.7 Å². The van der Waals surface area contributed by atoms with Gasteiger partial charge < -0.3 is 0 Å². The summed E-state index contributed by atoms with van der Waals surface area (Å²) in [5, 5.41) is 2.82. The molecule has 8 saturated carbocycles. The molecule has 4 heteroatoms. The van der Waals surface area contributed by atoms with Crippen LogP contribution in [0.4, 0.5) is 0 Å². The van der Waals surface area contributed by atoms with Crippen molar-refractivity contribution < 1.29 is 0 Å². The standard InChI is InChI=1S/C24H40P2.C12H28P2/c1-25(23-11-17-5-18(12-23)7-19(6-17)13-23)3-4-26(2)24-14-20-8-21(15-24)10-22(9-20)16-24;1-11(2,3)13(7)9-10-14(8)12(4,5)6/h17-22H,3-16H2,1-2H3;9-10H2,1-8H3/t17?,18?,19?,20?,21?,22?,23?,24?,25-,26-;13-,14-/m00/s1. The fourth-order valence-corrected chi connectivity index (χ4v) is 21.3. The predicted octanol–water partition coefficient (Wildman–Crippen LogP) is 12.0. The monoisotopic (exact) mass is 624 g/mol. The Labute approximate surface area is 256 Å². The summed E-state index contributed by atoms with van der Waals surface area (Å²) in [7, 11) is 1.01. The van der Waals surface area contributed by atoms with Gasteiger partial charge in [0.1, 0.15) is 0 Å². The van der Waals surface area contributed by atoms with Gasteiger partial charge in [0.15, 0.2) is 0 Å². The summed E-state index contributed by atoms with van der Waals surface area (Å²) in [6, 6.07) is 0. The van der Waals surface area contributed by atoms with Crippen LogP contribution in [-0.4, -0.2) is 71.9 Å². The first-order valence-corrected chi connectivity index (χ1v) is 25.3. The van der Waals surface area contributed by atoms with E-state index < -0.39 is 0 Å². The van der Waals surface area contributed by atoms with Gasteiger partial charge in [-0.15, -0.1) is 31.7 Å². The lowest BCUT2D eigenvalue weighted by atomic mass is 9.56. The fourth-order valence-electron chi connectivity index (χ4n) is 10.8. The van der Waals surface area contributed by atoms with Crippen LogP contribution < -0.4 is 0 Å². The second-order valence-corrected chi connectivity index (χ2v) is 30.3. The Bertz CT molecular complexity index is 709. The van der Waals surface area contributed by atoms with Crippen LogP contribution in [0.3, 0.4) is 0 Å². The van der Waals surface area contributed by atoms with Crippen LogP contribution in [0.25, 0.3) is 0 Å². The van der Waals surface area contributed by atoms with Crippen molar-refractivity contribution in [3.05, 3.63) is 0 Å². The van der Waals surface area contributed by atoms with Crippen molar-refractivity contribution in [3.63, 3.8) is 0 Å². The van der Waals surface area contributed by atoms with Gasteiger partial charge in [0.2, 0.25) is 0 Å². The van der Waals surface area contributed by atoms with Gasteiger partial charge in [-0.25, -0.2) is 0 Å². The number of hydrogen-bond donors (Lipinski definition) is 0. The van der Waals surface area contributed by atoms with Crippen LogP contribution in [0.2, 0.25) is 0 Å². The largest absolute Gasteiger partial charge is 0.104 e. The normalized spacial score (nSPS) is 42.8. The molecule has 8 fully saturated rings. The third kappa shape index (κ3) is 7.40. The van der Waals surface area contributed by atoms with E-state index in [4.69, 9.17) is 0 Å². The molecular formula is C36H68P4. The van der Waals surface area contributed by atoms with Gasteiger partial charge in [-0.3, -0.25) is 0 Å². The number of rotatable bonds is 8. The molecule has 0 aromatic carbocycles. The quantitative estimate of drug-likeness (QED) is 0.236. The van der Waals surface area contributed by atoms with Crippen molar-refractivity contribution in [1.82, 2.24) is 0 Å². The van der Waals surface area contributed by atoms with Crippen molar-refractivity contribution in [2.75, 3.05) is 51.3 Å². The highest BCUT2D eigenvalue weighted by atomic mass is 31.1. The van der Waals surface area contributed by atoms with E-state index in [1.807, 2.05) is 0 Å². The second-order valence-electron chi connectivity index (χ2n) is 18.3. The zero-order valence-corrected chi connectivity index (χ0v) is 32.1. The molecule has 0 spiro atoms. The molecule has 40 heavy (non-hydrogen) atoms. The van der Waals surface area contributed by atoms with E-state index in [1.165, 1.54) is 12.3 Å². The molecule has 8 rings (SSSR count). The van der Waals surface area contributed by atoms with Crippen LogP contribution in [0.5, 0.6) is 0 Å². The van der Waals surface area contributed by atoms with Gasteiger partial charge in [0.05, 0.1) is 0 Å². The van der Waals surface area contributed by atoms with E-state index in [1.54, 1.807) is 89.4 Å². The highest BCUT2D eigenvalue weighted by Crippen LogP contribution is 2.71. The molecule has 232 valence electrons. The molecule has 0 heterocycles. The van der Waals surface area contributed by atoms with E-state index in [2.05, 4.69) is 68.2 Å². The van der Waals surface area contributed by atoms with E-state index in [9.17, 15) is 0 Å². The number of hydrogen-bond acceptors (Lipinski definition) is 0. The zero-order valence-electron chi connectivity index (χ0n) is 28.6. The lowest BCUT2D eigenvalue weighted by Gasteiger charge is -2.60. The Morgan fingerprint density at radius 1 is 0.425 bits per heavy atom. The highest BCUT2D eigenvalue weighted by Gasteiger charge is 2.55. The summed E-state index contributed by atoms with van der Waals surface area (Å²) in [5.74, 6) is 6.90. The van der Waals surface area contributed by atoms with Gasteiger partial charge >= 0.3 is 0 Å². The van der Waals surface area contributed by atoms with Crippen molar-refractivity contribution in [1.29, 1.82) is 0 Å². The Morgan fingerprint density at radius 3 is 0.850 bits per heavy atom. The van der Waals surface area contributed by atoms with E-state index in [0.29, 0.717) is 10.3 Å². The van der Waals surface area contributed by atoms with Crippen molar-refractivity contribution in [3.8, 4) is 0 Å². The molecule has 0 nitrogen and oxygen atoms in total. The lowest BCUT2D eigenvalue weighted by Crippen LogP contribution is -2.50. The molecule has 0 radical (unpaired) electrons. The summed E-state index contributed by atoms with van der Waals surface area (Å²) in [5.41, 5.74) is 0. The average Bonchev–Trinajstić information content (AvgIpc) is 2.83. The van der Waals surface area contributed by atoms with E-state index in [-0.39, 0.29) is 31.7 Å². The van der Waals surface area contributed by atoms with Crippen LogP contribution in [-0.2, 0) is 0 Å². The summed E-state index contributed by atoms with van der Waals surface area (Å²) >= 11 is 0. The third-order valence-corrected chi connectivity index (χ3v) is 26.7. The molecule has 0 saturated heterocycles. The summed E-state index contributed by atoms with van der Waals surface area (Å²) in [4.78, 5) is 0. The van der Waals surface area contributed by atoms with Crippen molar-refractivity contribution in [2.24, 2.45) is 35.5 Å². The minimum atomic E-state index is 0.215. The van der Waals surface area contributed by atoms with Gasteiger partial charge in [-0.2, -0.15) is 0 Å². The first kappa shape index (κ1) is 33.1. The van der Waals surface area contributed by atoms with Gasteiger partial charge in [0.25, 0.3) is 0 Å². The summed E-state index contributed by atoms with van der Waals surface area (Å²) in [6.45, 7) is 24.7. The topological polar surface area (TPSA) is 0 Å². The van der Waals surface area contributed by atoms with Crippen molar-refractivity contribution >= 4 is 31.7 Å². The predicted molar refractivity (Wildman–Crippen MR) is 192 cm³/mol. The minimum absolute atomic E-state index is 0.215. The molecule has 4 atom stereocenters. The van der Waals surface area contributed by atoms with Crippen LogP contribution in [0.15, 0.2) is 0 Å². The average molecular weight is 625 g/mol. The Kier molecular flexibility index (Phi) is 10.3. The second kappa shape index (κ2) is 12.5. The first-order valence-electron chi connectivity index (χ1n) is 17.4. The smallest absolute Gasteiger partial charge is 0.00888 e. The van der Waals surface area contributed by atoms with Crippen molar-refractivity contribution in [2.45, 2.75) is 139 Å². The van der Waals surface area contributed by atoms with Gasteiger partial charge in [-0.05, 0) is 184 Å². The maximum atomic E-state index is 2.76. The van der Waals surface area contributed by atoms with Crippen LogP contribution in [0, 0.1) is 35.5 Å². The van der Waals surface area contributed by atoms with E-state index in [0.717, 1.165) is 45.8 Å². The zero-order chi connectivity index (χ0) is 29.1. The Morgan fingerprint density at radius 2 is 0.650 bits per heavy atom.